The highest BCUT2D eigenvalue weighted by Gasteiger charge is 2.33. The molecule has 2 saturated heterocycles. The van der Waals surface area contributed by atoms with Crippen LogP contribution in [0.1, 0.15) is 25.7 Å². The molecular formula is C11H22N2O. The zero-order valence-corrected chi connectivity index (χ0v) is 9.08. The third-order valence-electron chi connectivity index (χ3n) is 3.81. The Morgan fingerprint density at radius 2 is 2.14 bits per heavy atom. The summed E-state index contributed by atoms with van der Waals surface area (Å²) in [5, 5.41) is 13.4. The molecule has 0 aliphatic carbocycles. The van der Waals surface area contributed by atoms with E-state index in [1.54, 1.807) is 0 Å². The Morgan fingerprint density at radius 1 is 1.29 bits per heavy atom. The van der Waals surface area contributed by atoms with Crippen LogP contribution in [-0.4, -0.2) is 48.8 Å². The molecule has 0 aromatic carbocycles. The molecule has 2 N–H and O–H groups in total. The van der Waals surface area contributed by atoms with Crippen LogP contribution in [0.25, 0.3) is 0 Å². The topological polar surface area (TPSA) is 35.5 Å². The molecule has 0 saturated carbocycles. The van der Waals surface area contributed by atoms with E-state index in [9.17, 15) is 5.11 Å². The number of aliphatic hydroxyl groups excluding tert-OH is 1. The highest BCUT2D eigenvalue weighted by atomic mass is 16.3. The third-order valence-corrected chi connectivity index (χ3v) is 3.81. The fourth-order valence-electron chi connectivity index (χ4n) is 2.90. The van der Waals surface area contributed by atoms with Crippen LogP contribution in [0.2, 0.25) is 0 Å². The van der Waals surface area contributed by atoms with Crippen molar-refractivity contribution in [3.63, 3.8) is 0 Å². The van der Waals surface area contributed by atoms with E-state index >= 15 is 0 Å². The van der Waals surface area contributed by atoms with E-state index in [0.717, 1.165) is 19.5 Å². The van der Waals surface area contributed by atoms with E-state index < -0.39 is 0 Å². The molecule has 0 bridgehead atoms. The van der Waals surface area contributed by atoms with Gasteiger partial charge in [0, 0.05) is 18.5 Å². The molecule has 0 spiro atoms. The van der Waals surface area contributed by atoms with Gasteiger partial charge in [-0.2, -0.15) is 0 Å². The monoisotopic (exact) mass is 198 g/mol. The summed E-state index contributed by atoms with van der Waals surface area (Å²) in [5.41, 5.74) is 0. The molecule has 2 rings (SSSR count). The van der Waals surface area contributed by atoms with Crippen molar-refractivity contribution in [1.82, 2.24) is 10.2 Å². The summed E-state index contributed by atoms with van der Waals surface area (Å²) in [6, 6.07) is 0.603. The summed E-state index contributed by atoms with van der Waals surface area (Å²) >= 11 is 0. The van der Waals surface area contributed by atoms with Crippen molar-refractivity contribution >= 4 is 0 Å². The summed E-state index contributed by atoms with van der Waals surface area (Å²) in [6.45, 7) is 3.18. The molecule has 0 amide bonds. The predicted octanol–water partition coefficient (Wildman–Crippen LogP) is 0.441. The van der Waals surface area contributed by atoms with Gasteiger partial charge >= 0.3 is 0 Å². The van der Waals surface area contributed by atoms with Crippen molar-refractivity contribution in [2.45, 2.75) is 37.8 Å². The van der Waals surface area contributed by atoms with Gasteiger partial charge in [-0.3, -0.25) is 0 Å². The number of nitrogens with zero attached hydrogens (tertiary/aromatic N) is 1. The van der Waals surface area contributed by atoms with Crippen molar-refractivity contribution in [2.24, 2.45) is 5.92 Å². The first-order chi connectivity index (χ1) is 6.79. The molecule has 0 aromatic rings. The highest BCUT2D eigenvalue weighted by Crippen LogP contribution is 2.26. The van der Waals surface area contributed by atoms with Crippen molar-refractivity contribution in [3.8, 4) is 0 Å². The van der Waals surface area contributed by atoms with Crippen molar-refractivity contribution in [1.29, 1.82) is 0 Å². The van der Waals surface area contributed by atoms with Gasteiger partial charge in [-0.25, -0.2) is 0 Å². The second-order valence-electron chi connectivity index (χ2n) is 4.77. The number of nitrogens with one attached hydrogen (secondary N) is 1. The quantitative estimate of drug-likeness (QED) is 0.642. The van der Waals surface area contributed by atoms with Crippen molar-refractivity contribution in [3.05, 3.63) is 0 Å². The molecule has 14 heavy (non-hydrogen) atoms. The summed E-state index contributed by atoms with van der Waals surface area (Å²) < 4.78 is 0. The zero-order valence-electron chi connectivity index (χ0n) is 9.08. The summed E-state index contributed by atoms with van der Waals surface area (Å²) in [7, 11) is 2.20. The standard InChI is InChI=1S/C11H22N2O/c1-13-7-3-2-4-10(13)9-8-12-6-5-11(9)14/h9-12,14H,2-8H2,1H3. The molecule has 0 radical (unpaired) electrons. The van der Waals surface area contributed by atoms with Gasteiger partial charge in [-0.05, 0) is 39.4 Å². The van der Waals surface area contributed by atoms with Gasteiger partial charge in [0.25, 0.3) is 0 Å². The maximum Gasteiger partial charge on any atom is 0.0607 e. The van der Waals surface area contributed by atoms with E-state index in [1.165, 1.54) is 25.8 Å². The second kappa shape index (κ2) is 4.60. The average Bonchev–Trinajstić information content (AvgIpc) is 2.20. The predicted molar refractivity (Wildman–Crippen MR) is 57.3 cm³/mol. The Hall–Kier alpha value is -0.120. The normalized spacial score (nSPS) is 41.1. The zero-order chi connectivity index (χ0) is 9.97. The van der Waals surface area contributed by atoms with E-state index in [4.69, 9.17) is 0 Å². The molecule has 3 unspecified atom stereocenters. The molecule has 2 aliphatic rings. The fraction of sp³-hybridized carbons (Fsp3) is 1.00. The lowest BCUT2D eigenvalue weighted by molar-refractivity contribution is 0.0118. The molecule has 3 heteroatoms. The smallest absolute Gasteiger partial charge is 0.0607 e. The highest BCUT2D eigenvalue weighted by molar-refractivity contribution is 4.89. The number of hydrogen-bond donors (Lipinski definition) is 2. The largest absolute Gasteiger partial charge is 0.393 e. The first-order valence-corrected chi connectivity index (χ1v) is 5.88. The number of hydrogen-bond acceptors (Lipinski definition) is 3. The Kier molecular flexibility index (Phi) is 3.42. The molecule has 82 valence electrons. The van der Waals surface area contributed by atoms with Crippen molar-refractivity contribution < 1.29 is 5.11 Å². The minimum absolute atomic E-state index is 0.0817. The average molecular weight is 198 g/mol. The van der Waals surface area contributed by atoms with Crippen LogP contribution in [0.15, 0.2) is 0 Å². The molecule has 2 heterocycles. The lowest BCUT2D eigenvalue weighted by atomic mass is 9.84. The van der Waals surface area contributed by atoms with Crippen LogP contribution < -0.4 is 5.32 Å². The summed E-state index contributed by atoms with van der Waals surface area (Å²) in [6.07, 6.45) is 4.76. The maximum absolute atomic E-state index is 9.97. The molecule has 2 fully saturated rings. The Morgan fingerprint density at radius 3 is 2.86 bits per heavy atom. The van der Waals surface area contributed by atoms with Crippen LogP contribution >= 0.6 is 0 Å². The first kappa shape index (κ1) is 10.4. The van der Waals surface area contributed by atoms with E-state index in [2.05, 4.69) is 17.3 Å². The minimum Gasteiger partial charge on any atom is -0.393 e. The van der Waals surface area contributed by atoms with Gasteiger partial charge in [0.05, 0.1) is 6.10 Å². The lowest BCUT2D eigenvalue weighted by Crippen LogP contribution is -2.52. The molecule has 2 aliphatic heterocycles. The van der Waals surface area contributed by atoms with Crippen molar-refractivity contribution in [2.75, 3.05) is 26.7 Å². The fourth-order valence-corrected chi connectivity index (χ4v) is 2.90. The van der Waals surface area contributed by atoms with Crippen LogP contribution in [0, 0.1) is 5.92 Å². The molecular weight excluding hydrogens is 176 g/mol. The number of piperidine rings is 2. The molecule has 3 nitrogen and oxygen atoms in total. The first-order valence-electron chi connectivity index (χ1n) is 5.88. The van der Waals surface area contributed by atoms with Gasteiger partial charge in [0.2, 0.25) is 0 Å². The Balaban J connectivity index is 1.96. The van der Waals surface area contributed by atoms with Gasteiger partial charge in [0.15, 0.2) is 0 Å². The second-order valence-corrected chi connectivity index (χ2v) is 4.77. The van der Waals surface area contributed by atoms with Crippen LogP contribution in [0.3, 0.4) is 0 Å². The Bertz CT molecular complexity index is 166. The molecule has 0 aromatic heterocycles. The SMILES string of the molecule is CN1CCCCC1C1CNCCC1O. The van der Waals surface area contributed by atoms with Gasteiger partial charge in [0.1, 0.15) is 0 Å². The Labute approximate surface area is 86.5 Å². The van der Waals surface area contributed by atoms with Gasteiger partial charge in [-0.15, -0.1) is 0 Å². The summed E-state index contributed by atoms with van der Waals surface area (Å²) in [5.74, 6) is 0.453. The van der Waals surface area contributed by atoms with E-state index in [0.29, 0.717) is 12.0 Å². The molecule has 3 atom stereocenters. The number of rotatable bonds is 1. The maximum atomic E-state index is 9.97. The van der Waals surface area contributed by atoms with Gasteiger partial charge < -0.3 is 15.3 Å². The van der Waals surface area contributed by atoms with E-state index in [-0.39, 0.29) is 6.10 Å². The lowest BCUT2D eigenvalue weighted by Gasteiger charge is -2.42. The number of likely N-dealkylation sites (tertiary alicyclic amines) is 1. The third kappa shape index (κ3) is 2.10. The minimum atomic E-state index is -0.0817. The van der Waals surface area contributed by atoms with E-state index in [1.807, 2.05) is 0 Å². The van der Waals surface area contributed by atoms with Crippen LogP contribution in [0.5, 0.6) is 0 Å². The number of aliphatic hydroxyl groups is 1. The van der Waals surface area contributed by atoms with Crippen LogP contribution in [-0.2, 0) is 0 Å². The van der Waals surface area contributed by atoms with Crippen LogP contribution in [0.4, 0.5) is 0 Å². The summed E-state index contributed by atoms with van der Waals surface area (Å²) in [4.78, 5) is 2.43. The van der Waals surface area contributed by atoms with Gasteiger partial charge in [-0.1, -0.05) is 6.42 Å².